The molecule has 5 heteroatoms. The molecular formula is C9H16N4O. The number of methoxy groups -OCH3 is 1. The van der Waals surface area contributed by atoms with Gasteiger partial charge in [-0.25, -0.2) is 4.98 Å². The molecular weight excluding hydrogens is 180 g/mol. The average Bonchev–Trinajstić information content (AvgIpc) is 2.14. The predicted octanol–water partition coefficient (Wildman–Crippen LogP) is 0.595. The van der Waals surface area contributed by atoms with Gasteiger partial charge < -0.3 is 10.5 Å². The van der Waals surface area contributed by atoms with E-state index >= 15 is 0 Å². The summed E-state index contributed by atoms with van der Waals surface area (Å²) in [6, 6.07) is 0. The van der Waals surface area contributed by atoms with Gasteiger partial charge in [0.15, 0.2) is 0 Å². The Balaban J connectivity index is 2.73. The number of nitrogens with two attached hydrogens (primary N) is 1. The molecule has 0 unspecified atom stereocenters. The number of rotatable bonds is 5. The Kier molecular flexibility index (Phi) is 4.25. The molecule has 0 aliphatic heterocycles. The Hall–Kier alpha value is -1.23. The molecule has 1 aromatic heterocycles. The zero-order valence-corrected chi connectivity index (χ0v) is 8.66. The average molecular weight is 196 g/mol. The van der Waals surface area contributed by atoms with Crippen LogP contribution in [0.4, 0.5) is 5.95 Å². The van der Waals surface area contributed by atoms with E-state index in [0.29, 0.717) is 24.8 Å². The molecule has 0 spiro atoms. The Morgan fingerprint density at radius 1 is 1.14 bits per heavy atom. The Bertz CT molecular complexity index is 290. The monoisotopic (exact) mass is 196 g/mol. The Morgan fingerprint density at radius 3 is 2.36 bits per heavy atom. The number of nitrogens with zero attached hydrogens (tertiary/aromatic N) is 3. The lowest BCUT2D eigenvalue weighted by atomic mass is 10.3. The van der Waals surface area contributed by atoms with Crippen LogP contribution in [0, 0.1) is 0 Å². The molecule has 0 saturated carbocycles. The summed E-state index contributed by atoms with van der Waals surface area (Å²) in [5.41, 5.74) is 5.56. The van der Waals surface area contributed by atoms with E-state index in [0.717, 1.165) is 18.7 Å². The molecule has 0 bridgehead atoms. The first-order valence-corrected chi connectivity index (χ1v) is 4.74. The van der Waals surface area contributed by atoms with Crippen LogP contribution in [0.5, 0.6) is 0 Å². The Labute approximate surface area is 83.7 Å². The molecule has 1 rings (SSSR count). The van der Waals surface area contributed by atoms with E-state index in [-0.39, 0.29) is 0 Å². The second-order valence-electron chi connectivity index (χ2n) is 3.02. The van der Waals surface area contributed by atoms with Crippen LogP contribution in [0.1, 0.15) is 25.0 Å². The molecule has 0 aliphatic carbocycles. The molecule has 0 aliphatic rings. The van der Waals surface area contributed by atoms with Gasteiger partial charge in [-0.05, 0) is 6.42 Å². The third-order valence-electron chi connectivity index (χ3n) is 1.75. The highest BCUT2D eigenvalue weighted by molar-refractivity contribution is 5.16. The summed E-state index contributed by atoms with van der Waals surface area (Å²) in [5.74, 6) is 1.78. The molecule has 0 atom stereocenters. The molecule has 14 heavy (non-hydrogen) atoms. The van der Waals surface area contributed by atoms with Gasteiger partial charge in [0.2, 0.25) is 5.95 Å². The molecule has 2 N–H and O–H groups in total. The minimum atomic E-state index is 0.301. The van der Waals surface area contributed by atoms with Crippen LogP contribution in [-0.2, 0) is 17.6 Å². The third kappa shape index (κ3) is 3.26. The fraction of sp³-hybridized carbons (Fsp3) is 0.667. The van der Waals surface area contributed by atoms with Crippen LogP contribution >= 0.6 is 0 Å². The molecule has 0 saturated heterocycles. The zero-order valence-electron chi connectivity index (χ0n) is 8.66. The lowest BCUT2D eigenvalue weighted by Crippen LogP contribution is -2.09. The van der Waals surface area contributed by atoms with Crippen molar-refractivity contribution >= 4 is 5.95 Å². The van der Waals surface area contributed by atoms with Crippen molar-refractivity contribution in [1.29, 1.82) is 0 Å². The molecule has 1 aromatic rings. The lowest BCUT2D eigenvalue weighted by molar-refractivity contribution is 0.200. The first kappa shape index (κ1) is 10.8. The number of aryl methyl sites for hydroxylation is 1. The van der Waals surface area contributed by atoms with E-state index in [1.807, 2.05) is 0 Å². The maximum Gasteiger partial charge on any atom is 0.223 e. The van der Waals surface area contributed by atoms with Gasteiger partial charge in [-0.2, -0.15) is 9.97 Å². The van der Waals surface area contributed by atoms with Crippen molar-refractivity contribution in [1.82, 2.24) is 15.0 Å². The van der Waals surface area contributed by atoms with Gasteiger partial charge in [0.25, 0.3) is 0 Å². The lowest BCUT2D eigenvalue weighted by Gasteiger charge is -2.03. The number of nitrogen functional groups attached to an aromatic ring is 1. The minimum absolute atomic E-state index is 0.301. The summed E-state index contributed by atoms with van der Waals surface area (Å²) in [6.45, 7) is 2.68. The van der Waals surface area contributed by atoms with Crippen LogP contribution in [0.2, 0.25) is 0 Å². The van der Waals surface area contributed by atoms with Gasteiger partial charge in [0.05, 0.1) is 6.61 Å². The van der Waals surface area contributed by atoms with Gasteiger partial charge in [-0.15, -0.1) is 0 Å². The highest BCUT2D eigenvalue weighted by Crippen LogP contribution is 2.01. The summed E-state index contributed by atoms with van der Waals surface area (Å²) >= 11 is 0. The van der Waals surface area contributed by atoms with Gasteiger partial charge in [-0.1, -0.05) is 6.92 Å². The summed E-state index contributed by atoms with van der Waals surface area (Å²) in [7, 11) is 1.65. The predicted molar refractivity (Wildman–Crippen MR) is 53.8 cm³/mol. The molecule has 0 fully saturated rings. The first-order valence-electron chi connectivity index (χ1n) is 4.74. The van der Waals surface area contributed by atoms with Crippen molar-refractivity contribution in [2.75, 3.05) is 19.5 Å². The van der Waals surface area contributed by atoms with Gasteiger partial charge in [0, 0.05) is 20.0 Å². The van der Waals surface area contributed by atoms with E-state index in [9.17, 15) is 0 Å². The zero-order chi connectivity index (χ0) is 10.4. The summed E-state index contributed by atoms with van der Waals surface area (Å²) < 4.78 is 4.94. The van der Waals surface area contributed by atoms with Crippen LogP contribution in [0.25, 0.3) is 0 Å². The van der Waals surface area contributed by atoms with Gasteiger partial charge >= 0.3 is 0 Å². The fourth-order valence-electron chi connectivity index (χ4n) is 1.13. The number of anilines is 1. The maximum atomic E-state index is 5.56. The molecule has 0 radical (unpaired) electrons. The second-order valence-corrected chi connectivity index (χ2v) is 3.02. The van der Waals surface area contributed by atoms with E-state index in [1.165, 1.54) is 0 Å². The van der Waals surface area contributed by atoms with Crippen LogP contribution < -0.4 is 5.73 Å². The molecule has 0 aromatic carbocycles. The maximum absolute atomic E-state index is 5.56. The standard InChI is InChI=1S/C9H16N4O/c1-3-4-7-11-8(5-6-14-2)13-9(10)12-7/h3-6H2,1-2H3,(H2,10,11,12,13). The van der Waals surface area contributed by atoms with Crippen molar-refractivity contribution in [3.8, 4) is 0 Å². The summed E-state index contributed by atoms with van der Waals surface area (Å²) in [5, 5.41) is 0. The number of ether oxygens (including phenoxy) is 1. The first-order chi connectivity index (χ1) is 6.76. The second kappa shape index (κ2) is 5.49. The van der Waals surface area contributed by atoms with Gasteiger partial charge in [0.1, 0.15) is 11.6 Å². The van der Waals surface area contributed by atoms with Crippen LogP contribution in [0.15, 0.2) is 0 Å². The van der Waals surface area contributed by atoms with E-state index in [2.05, 4.69) is 21.9 Å². The molecule has 1 heterocycles. The van der Waals surface area contributed by atoms with Crippen molar-refractivity contribution in [3.05, 3.63) is 11.6 Å². The van der Waals surface area contributed by atoms with E-state index < -0.39 is 0 Å². The highest BCUT2D eigenvalue weighted by atomic mass is 16.5. The normalized spacial score (nSPS) is 10.4. The molecule has 5 nitrogen and oxygen atoms in total. The fourth-order valence-corrected chi connectivity index (χ4v) is 1.13. The van der Waals surface area contributed by atoms with Gasteiger partial charge in [-0.3, -0.25) is 0 Å². The largest absolute Gasteiger partial charge is 0.384 e. The minimum Gasteiger partial charge on any atom is -0.384 e. The SMILES string of the molecule is CCCc1nc(N)nc(CCOC)n1. The number of hydrogen-bond donors (Lipinski definition) is 1. The Morgan fingerprint density at radius 2 is 1.79 bits per heavy atom. The highest BCUT2D eigenvalue weighted by Gasteiger charge is 2.03. The summed E-state index contributed by atoms with van der Waals surface area (Å²) in [6.07, 6.45) is 2.53. The van der Waals surface area contributed by atoms with Crippen molar-refractivity contribution in [2.45, 2.75) is 26.2 Å². The van der Waals surface area contributed by atoms with Crippen molar-refractivity contribution in [2.24, 2.45) is 0 Å². The van der Waals surface area contributed by atoms with Crippen molar-refractivity contribution < 1.29 is 4.74 Å². The molecule has 78 valence electrons. The summed E-state index contributed by atoms with van der Waals surface area (Å²) in [4.78, 5) is 12.4. The van der Waals surface area contributed by atoms with E-state index in [4.69, 9.17) is 10.5 Å². The van der Waals surface area contributed by atoms with Crippen LogP contribution in [0.3, 0.4) is 0 Å². The van der Waals surface area contributed by atoms with Crippen LogP contribution in [-0.4, -0.2) is 28.7 Å². The topological polar surface area (TPSA) is 73.9 Å². The van der Waals surface area contributed by atoms with Crippen molar-refractivity contribution in [3.63, 3.8) is 0 Å². The molecule has 0 amide bonds. The number of aromatic nitrogens is 3. The quantitative estimate of drug-likeness (QED) is 0.746. The smallest absolute Gasteiger partial charge is 0.223 e. The third-order valence-corrected chi connectivity index (χ3v) is 1.75. The number of hydrogen-bond acceptors (Lipinski definition) is 5. The van der Waals surface area contributed by atoms with E-state index in [1.54, 1.807) is 7.11 Å².